The Balaban J connectivity index is 2.20. The van der Waals surface area contributed by atoms with Gasteiger partial charge in [-0.1, -0.05) is 19.3 Å². The van der Waals surface area contributed by atoms with Gasteiger partial charge < -0.3 is 11.1 Å². The highest BCUT2D eigenvalue weighted by Crippen LogP contribution is 2.26. The summed E-state index contributed by atoms with van der Waals surface area (Å²) in [5.41, 5.74) is 4.84. The molecule has 0 aliphatic heterocycles. The highest BCUT2D eigenvalue weighted by atomic mass is 16.2. The Bertz CT molecular complexity index is 250. The van der Waals surface area contributed by atoms with Gasteiger partial charge in [-0.15, -0.1) is 0 Å². The van der Waals surface area contributed by atoms with Gasteiger partial charge >= 0.3 is 6.03 Å². The number of nitrogens with two attached hydrogens (primary N) is 1. The summed E-state index contributed by atoms with van der Waals surface area (Å²) in [5, 5.41) is 5.18. The Morgan fingerprint density at radius 2 is 1.94 bits per heavy atom. The van der Waals surface area contributed by atoms with Crippen LogP contribution in [0.3, 0.4) is 0 Å². The molecule has 0 aromatic carbocycles. The Hall–Kier alpha value is -1.10. The second kappa shape index (κ2) is 6.48. The van der Waals surface area contributed by atoms with E-state index in [4.69, 9.17) is 5.73 Å². The summed E-state index contributed by atoms with van der Waals surface area (Å²) >= 11 is 0. The van der Waals surface area contributed by atoms with Crippen molar-refractivity contribution in [3.05, 3.63) is 0 Å². The van der Waals surface area contributed by atoms with Crippen molar-refractivity contribution < 1.29 is 9.59 Å². The zero-order valence-corrected chi connectivity index (χ0v) is 9.79. The maximum absolute atomic E-state index is 11.2. The van der Waals surface area contributed by atoms with Crippen molar-refractivity contribution in [2.24, 2.45) is 11.7 Å². The largest absolute Gasteiger partial charge is 0.351 e. The number of primary amides is 1. The van der Waals surface area contributed by atoms with Crippen LogP contribution < -0.4 is 16.4 Å². The molecule has 0 aromatic rings. The highest BCUT2D eigenvalue weighted by molar-refractivity contribution is 5.94. The van der Waals surface area contributed by atoms with E-state index in [0.29, 0.717) is 12.0 Å². The molecule has 3 amide bonds. The van der Waals surface area contributed by atoms with Crippen molar-refractivity contribution in [2.45, 2.75) is 45.1 Å². The first-order valence-electron chi connectivity index (χ1n) is 5.92. The molecule has 1 fully saturated rings. The number of amides is 3. The molecule has 5 heteroatoms. The molecule has 1 atom stereocenters. The number of nitrogens with one attached hydrogen (secondary N) is 2. The minimum atomic E-state index is -0.794. The van der Waals surface area contributed by atoms with Crippen LogP contribution in [-0.4, -0.2) is 24.5 Å². The molecule has 0 aromatic heterocycles. The average molecular weight is 227 g/mol. The van der Waals surface area contributed by atoms with Gasteiger partial charge in [-0.05, 0) is 25.7 Å². The van der Waals surface area contributed by atoms with E-state index in [9.17, 15) is 9.59 Å². The summed E-state index contributed by atoms with van der Waals surface area (Å²) in [4.78, 5) is 21.6. The molecular weight excluding hydrogens is 206 g/mol. The fourth-order valence-corrected chi connectivity index (χ4v) is 2.24. The van der Waals surface area contributed by atoms with E-state index in [1.165, 1.54) is 32.1 Å². The van der Waals surface area contributed by atoms with Crippen molar-refractivity contribution in [2.75, 3.05) is 6.54 Å². The zero-order valence-electron chi connectivity index (χ0n) is 9.79. The summed E-state index contributed by atoms with van der Waals surface area (Å²) in [7, 11) is 0. The number of hydrogen-bond acceptors (Lipinski definition) is 3. The fraction of sp³-hybridized carbons (Fsp3) is 0.818. The third-order valence-corrected chi connectivity index (χ3v) is 3.20. The predicted molar refractivity (Wildman–Crippen MR) is 61.8 cm³/mol. The van der Waals surface area contributed by atoms with Crippen LogP contribution in [0, 0.1) is 5.92 Å². The van der Waals surface area contributed by atoms with Crippen LogP contribution in [0.2, 0.25) is 0 Å². The quantitative estimate of drug-likeness (QED) is 0.662. The maximum atomic E-state index is 11.2. The highest BCUT2D eigenvalue weighted by Gasteiger charge is 2.20. The molecule has 0 radical (unpaired) electrons. The summed E-state index contributed by atoms with van der Waals surface area (Å²) in [6.07, 6.45) is 6.34. The molecular formula is C11H21N3O2. The SMILES string of the molecule is CC(NCC(=O)NC(N)=O)C1CCCCC1. The van der Waals surface area contributed by atoms with Crippen molar-refractivity contribution in [1.29, 1.82) is 0 Å². The van der Waals surface area contributed by atoms with E-state index in [-0.39, 0.29) is 12.5 Å². The van der Waals surface area contributed by atoms with Crippen molar-refractivity contribution in [3.63, 3.8) is 0 Å². The van der Waals surface area contributed by atoms with Crippen LogP contribution in [0.25, 0.3) is 0 Å². The topological polar surface area (TPSA) is 84.2 Å². The molecule has 5 nitrogen and oxygen atoms in total. The van der Waals surface area contributed by atoms with Gasteiger partial charge in [-0.3, -0.25) is 10.1 Å². The van der Waals surface area contributed by atoms with E-state index < -0.39 is 6.03 Å². The average Bonchev–Trinajstić information content (AvgIpc) is 2.26. The molecule has 4 N–H and O–H groups in total. The summed E-state index contributed by atoms with van der Waals surface area (Å²) < 4.78 is 0. The smallest absolute Gasteiger partial charge is 0.318 e. The van der Waals surface area contributed by atoms with Gasteiger partial charge in [0.2, 0.25) is 5.91 Å². The van der Waals surface area contributed by atoms with E-state index in [0.717, 1.165) is 0 Å². The summed E-state index contributed by atoms with van der Waals surface area (Å²) in [5.74, 6) is 0.283. The molecule has 1 aliphatic carbocycles. The van der Waals surface area contributed by atoms with Crippen LogP contribution in [-0.2, 0) is 4.79 Å². The Kier molecular flexibility index (Phi) is 5.25. The minimum absolute atomic E-state index is 0.153. The second-order valence-corrected chi connectivity index (χ2v) is 4.48. The van der Waals surface area contributed by atoms with E-state index >= 15 is 0 Å². The van der Waals surface area contributed by atoms with Gasteiger partial charge in [0.25, 0.3) is 0 Å². The van der Waals surface area contributed by atoms with Gasteiger partial charge in [0.15, 0.2) is 0 Å². The number of carbonyl (C=O) groups excluding carboxylic acids is 2. The molecule has 0 bridgehead atoms. The van der Waals surface area contributed by atoms with Crippen LogP contribution in [0.15, 0.2) is 0 Å². The van der Waals surface area contributed by atoms with Crippen LogP contribution >= 0.6 is 0 Å². The molecule has 0 spiro atoms. The number of urea groups is 1. The zero-order chi connectivity index (χ0) is 12.0. The lowest BCUT2D eigenvalue weighted by Crippen LogP contribution is -2.44. The second-order valence-electron chi connectivity index (χ2n) is 4.48. The van der Waals surface area contributed by atoms with Gasteiger partial charge in [-0.2, -0.15) is 0 Å². The van der Waals surface area contributed by atoms with Gasteiger partial charge in [0, 0.05) is 6.04 Å². The first-order valence-corrected chi connectivity index (χ1v) is 5.92. The standard InChI is InChI=1S/C11H21N3O2/c1-8(9-5-3-2-4-6-9)13-7-10(15)14-11(12)16/h8-9,13H,2-7H2,1H3,(H3,12,14,15,16). The van der Waals surface area contributed by atoms with Crippen molar-refractivity contribution in [3.8, 4) is 0 Å². The molecule has 1 aliphatic rings. The van der Waals surface area contributed by atoms with Gasteiger partial charge in [0.05, 0.1) is 6.54 Å². The third kappa shape index (κ3) is 4.61. The van der Waals surface area contributed by atoms with E-state index in [2.05, 4.69) is 12.2 Å². The van der Waals surface area contributed by atoms with E-state index in [1.54, 1.807) is 0 Å². The molecule has 0 saturated heterocycles. The molecule has 1 unspecified atom stereocenters. The van der Waals surface area contributed by atoms with Gasteiger partial charge in [0.1, 0.15) is 0 Å². The van der Waals surface area contributed by atoms with Crippen LogP contribution in [0.5, 0.6) is 0 Å². The lowest BCUT2D eigenvalue weighted by atomic mass is 9.84. The molecule has 92 valence electrons. The van der Waals surface area contributed by atoms with Crippen LogP contribution in [0.4, 0.5) is 4.79 Å². The molecule has 1 saturated carbocycles. The molecule has 0 heterocycles. The maximum Gasteiger partial charge on any atom is 0.318 e. The normalized spacial score (nSPS) is 19.1. The van der Waals surface area contributed by atoms with Gasteiger partial charge in [-0.25, -0.2) is 4.79 Å². The number of rotatable bonds is 4. The number of imide groups is 1. The van der Waals surface area contributed by atoms with Crippen LogP contribution in [0.1, 0.15) is 39.0 Å². The molecule has 16 heavy (non-hydrogen) atoms. The predicted octanol–water partition coefficient (Wildman–Crippen LogP) is 0.740. The number of hydrogen-bond donors (Lipinski definition) is 3. The summed E-state index contributed by atoms with van der Waals surface area (Å²) in [6.45, 7) is 2.24. The minimum Gasteiger partial charge on any atom is -0.351 e. The Morgan fingerprint density at radius 1 is 1.31 bits per heavy atom. The Morgan fingerprint density at radius 3 is 2.50 bits per heavy atom. The first kappa shape index (κ1) is 13.0. The third-order valence-electron chi connectivity index (χ3n) is 3.20. The fourth-order valence-electron chi connectivity index (χ4n) is 2.24. The molecule has 1 rings (SSSR count). The monoisotopic (exact) mass is 227 g/mol. The lowest BCUT2D eigenvalue weighted by Gasteiger charge is -2.28. The summed E-state index contributed by atoms with van der Waals surface area (Å²) in [6, 6.07) is -0.476. The van der Waals surface area contributed by atoms with Crippen molar-refractivity contribution >= 4 is 11.9 Å². The lowest BCUT2D eigenvalue weighted by molar-refractivity contribution is -0.119. The first-order chi connectivity index (χ1) is 7.59. The number of carbonyl (C=O) groups is 2. The van der Waals surface area contributed by atoms with Crippen molar-refractivity contribution in [1.82, 2.24) is 10.6 Å². The van der Waals surface area contributed by atoms with E-state index in [1.807, 2.05) is 5.32 Å². The Labute approximate surface area is 96.1 Å².